The highest BCUT2D eigenvalue weighted by Crippen LogP contribution is 2.22. The second kappa shape index (κ2) is 20.8. The SMILES string of the molecule is CCc1c(NCCCc2ccc3c(n2)NCCC3)ncnc1NCC(NC(=O)OCc1ccccc1)C(=O)O.O=C(O)C(F)(F)F.O=C(O)C(F)(F)F. The number of anilines is 3. The third-order valence-corrected chi connectivity index (χ3v) is 6.91. The zero-order chi connectivity index (χ0) is 39.6. The number of nitrogens with one attached hydrogen (secondary N) is 4. The molecule has 1 amide bonds. The maximum absolute atomic E-state index is 12.2. The number of alkyl carbamates (subject to hydrolysis) is 1. The Morgan fingerprint density at radius 1 is 0.906 bits per heavy atom. The van der Waals surface area contributed by atoms with E-state index in [1.165, 1.54) is 11.9 Å². The van der Waals surface area contributed by atoms with Crippen molar-refractivity contribution in [1.29, 1.82) is 0 Å². The summed E-state index contributed by atoms with van der Waals surface area (Å²) in [5.74, 6) is -4.49. The van der Waals surface area contributed by atoms with Gasteiger partial charge in [0.05, 0.1) is 0 Å². The molecule has 1 aliphatic heterocycles. The number of fused-ring (bicyclic) bond motifs is 1. The summed E-state index contributed by atoms with van der Waals surface area (Å²) in [6.45, 7) is 3.62. The minimum atomic E-state index is -5.08. The molecule has 0 spiro atoms. The fourth-order valence-corrected chi connectivity index (χ4v) is 4.34. The van der Waals surface area contributed by atoms with Gasteiger partial charge >= 0.3 is 36.4 Å². The minimum absolute atomic E-state index is 0.0484. The lowest BCUT2D eigenvalue weighted by Gasteiger charge is -2.18. The molecule has 3 aromatic rings. The van der Waals surface area contributed by atoms with Gasteiger partial charge in [-0.2, -0.15) is 26.3 Å². The number of nitrogens with zero attached hydrogens (tertiary/aromatic N) is 3. The molecule has 0 fully saturated rings. The van der Waals surface area contributed by atoms with Crippen molar-refractivity contribution in [1.82, 2.24) is 20.3 Å². The number of carbonyl (C=O) groups is 4. The van der Waals surface area contributed by atoms with Crippen molar-refractivity contribution < 1.29 is 65.6 Å². The van der Waals surface area contributed by atoms with Crippen LogP contribution in [0.25, 0.3) is 0 Å². The molecule has 53 heavy (non-hydrogen) atoms. The number of carboxylic acid groups (broad SMARTS) is 3. The molecule has 0 saturated heterocycles. The van der Waals surface area contributed by atoms with Gasteiger partial charge in [0.15, 0.2) is 0 Å². The number of halogens is 6. The molecule has 290 valence electrons. The number of aryl methyl sites for hydroxylation is 2. The molecule has 7 N–H and O–H groups in total. The lowest BCUT2D eigenvalue weighted by atomic mass is 10.1. The average Bonchev–Trinajstić information content (AvgIpc) is 3.11. The molecule has 1 atom stereocenters. The highest BCUT2D eigenvalue weighted by atomic mass is 19.4. The van der Waals surface area contributed by atoms with Crippen LogP contribution in [0.3, 0.4) is 0 Å². The normalized spacial score (nSPS) is 12.5. The number of pyridine rings is 1. The number of rotatable bonds is 13. The molecule has 0 aliphatic carbocycles. The van der Waals surface area contributed by atoms with Gasteiger partial charge in [-0.25, -0.2) is 34.1 Å². The number of carboxylic acids is 3. The summed E-state index contributed by atoms with van der Waals surface area (Å²) in [6.07, 6.45) is -4.99. The van der Waals surface area contributed by atoms with E-state index < -0.39 is 42.4 Å². The average molecular weight is 762 g/mol. The molecular formula is C32H37F6N7O8. The first-order valence-corrected chi connectivity index (χ1v) is 15.8. The van der Waals surface area contributed by atoms with Crippen LogP contribution in [0, 0.1) is 0 Å². The van der Waals surface area contributed by atoms with E-state index in [1.54, 1.807) is 0 Å². The van der Waals surface area contributed by atoms with Crippen LogP contribution in [-0.4, -0.2) is 92.3 Å². The summed E-state index contributed by atoms with van der Waals surface area (Å²) in [4.78, 5) is 55.1. The molecular weight excluding hydrogens is 724 g/mol. The largest absolute Gasteiger partial charge is 0.490 e. The summed E-state index contributed by atoms with van der Waals surface area (Å²) >= 11 is 0. The van der Waals surface area contributed by atoms with Crippen molar-refractivity contribution >= 4 is 41.5 Å². The number of carbonyl (C=O) groups excluding carboxylic acids is 1. The van der Waals surface area contributed by atoms with Crippen LogP contribution in [0.15, 0.2) is 48.8 Å². The van der Waals surface area contributed by atoms with Crippen LogP contribution in [0.1, 0.15) is 42.1 Å². The lowest BCUT2D eigenvalue weighted by molar-refractivity contribution is -0.193. The van der Waals surface area contributed by atoms with E-state index in [9.17, 15) is 41.0 Å². The molecule has 1 unspecified atom stereocenters. The van der Waals surface area contributed by atoms with Crippen LogP contribution in [-0.2, 0) is 45.0 Å². The standard InChI is InChI=1S/C28H35N7O4.2C2HF3O2/c1-2-22-25(30-15-7-11-21-13-12-20-10-6-14-29-24(20)34-21)32-18-33-26(22)31-16-23(27(36)37)35-28(38)39-17-19-8-4-3-5-9-19;2*3-2(4,5)1(6)7/h3-5,8-9,12-13,18,23H,2,6-7,10-11,14-17H2,1H3,(H,29,34)(H,35,38)(H,36,37)(H2,30,31,32,33);2*(H,6,7). The van der Waals surface area contributed by atoms with Crippen molar-refractivity contribution in [2.75, 3.05) is 35.6 Å². The van der Waals surface area contributed by atoms with E-state index in [2.05, 4.69) is 43.4 Å². The maximum Gasteiger partial charge on any atom is 0.490 e. The number of amides is 1. The Morgan fingerprint density at radius 3 is 2.08 bits per heavy atom. The van der Waals surface area contributed by atoms with Gasteiger partial charge < -0.3 is 41.3 Å². The Hall–Kier alpha value is -5.89. The first kappa shape index (κ1) is 43.3. The summed E-state index contributed by atoms with van der Waals surface area (Å²) in [5.41, 5.74) is 3.98. The van der Waals surface area contributed by atoms with Gasteiger partial charge in [0.2, 0.25) is 0 Å². The number of hydrogen-bond donors (Lipinski definition) is 7. The fourth-order valence-electron chi connectivity index (χ4n) is 4.34. The number of alkyl halides is 6. The first-order chi connectivity index (χ1) is 24.9. The van der Waals surface area contributed by atoms with Gasteiger partial charge in [0, 0.05) is 30.9 Å². The van der Waals surface area contributed by atoms with Gasteiger partial charge in [-0.3, -0.25) is 0 Å². The van der Waals surface area contributed by atoms with E-state index in [0.29, 0.717) is 24.6 Å². The van der Waals surface area contributed by atoms with E-state index in [1.807, 2.05) is 37.3 Å². The number of hydrogen-bond acceptors (Lipinski definition) is 11. The Labute approximate surface area is 298 Å². The monoisotopic (exact) mass is 761 g/mol. The zero-order valence-electron chi connectivity index (χ0n) is 28.1. The van der Waals surface area contributed by atoms with E-state index in [0.717, 1.165) is 54.9 Å². The predicted molar refractivity (Wildman–Crippen MR) is 176 cm³/mol. The van der Waals surface area contributed by atoms with Crippen molar-refractivity contribution in [2.24, 2.45) is 0 Å². The Bertz CT molecular complexity index is 1640. The molecule has 4 rings (SSSR count). The van der Waals surface area contributed by atoms with Crippen LogP contribution >= 0.6 is 0 Å². The Morgan fingerprint density at radius 2 is 1.51 bits per heavy atom. The van der Waals surface area contributed by atoms with Gasteiger partial charge in [0.1, 0.15) is 36.4 Å². The van der Waals surface area contributed by atoms with Gasteiger partial charge in [-0.05, 0) is 49.3 Å². The van der Waals surface area contributed by atoms with Crippen molar-refractivity contribution in [3.05, 3.63) is 71.2 Å². The molecule has 1 aromatic carbocycles. The Kier molecular flexibility index (Phi) is 17.0. The predicted octanol–water partition coefficient (Wildman–Crippen LogP) is 4.89. The first-order valence-electron chi connectivity index (χ1n) is 15.8. The van der Waals surface area contributed by atoms with E-state index in [4.69, 9.17) is 29.5 Å². The third-order valence-electron chi connectivity index (χ3n) is 6.91. The fraction of sp³-hybridized carbons (Fsp3) is 0.406. The molecule has 0 radical (unpaired) electrons. The second-order valence-corrected chi connectivity index (χ2v) is 10.9. The van der Waals surface area contributed by atoms with Crippen molar-refractivity contribution in [3.8, 4) is 0 Å². The number of ether oxygens (including phenoxy) is 1. The molecule has 15 nitrogen and oxygen atoms in total. The van der Waals surface area contributed by atoms with Crippen LogP contribution in [0.4, 0.5) is 48.6 Å². The van der Waals surface area contributed by atoms with Gasteiger partial charge in [-0.15, -0.1) is 0 Å². The summed E-state index contributed by atoms with van der Waals surface area (Å²) in [7, 11) is 0. The molecule has 21 heteroatoms. The summed E-state index contributed by atoms with van der Waals surface area (Å²) in [6, 6.07) is 12.2. The molecule has 0 saturated carbocycles. The maximum atomic E-state index is 12.2. The van der Waals surface area contributed by atoms with Gasteiger partial charge in [-0.1, -0.05) is 43.3 Å². The second-order valence-electron chi connectivity index (χ2n) is 10.9. The van der Waals surface area contributed by atoms with Crippen molar-refractivity contribution in [3.63, 3.8) is 0 Å². The minimum Gasteiger partial charge on any atom is -0.480 e. The molecule has 0 bridgehead atoms. The highest BCUT2D eigenvalue weighted by molar-refractivity contribution is 5.80. The molecule has 1 aliphatic rings. The molecule has 2 aromatic heterocycles. The summed E-state index contributed by atoms with van der Waals surface area (Å²) < 4.78 is 68.6. The highest BCUT2D eigenvalue weighted by Gasteiger charge is 2.39. The number of benzene rings is 1. The quantitative estimate of drug-likeness (QED) is 0.0910. The molecule has 3 heterocycles. The summed E-state index contributed by atoms with van der Waals surface area (Å²) in [5, 5.41) is 36.0. The lowest BCUT2D eigenvalue weighted by Crippen LogP contribution is -2.45. The van der Waals surface area contributed by atoms with Crippen LogP contribution < -0.4 is 21.3 Å². The van der Waals surface area contributed by atoms with Gasteiger partial charge in [0.25, 0.3) is 0 Å². The smallest absolute Gasteiger partial charge is 0.480 e. The number of aromatic nitrogens is 3. The van der Waals surface area contributed by atoms with Crippen molar-refractivity contribution in [2.45, 2.75) is 64.0 Å². The topological polar surface area (TPSA) is 225 Å². The Balaban J connectivity index is 0.000000587. The third kappa shape index (κ3) is 15.9. The van der Waals surface area contributed by atoms with E-state index >= 15 is 0 Å². The van der Waals surface area contributed by atoms with Crippen LogP contribution in [0.2, 0.25) is 0 Å². The zero-order valence-corrected chi connectivity index (χ0v) is 28.1. The number of aliphatic carboxylic acids is 3. The van der Waals surface area contributed by atoms with Crippen LogP contribution in [0.5, 0.6) is 0 Å². The van der Waals surface area contributed by atoms with E-state index in [-0.39, 0.29) is 13.2 Å².